The summed E-state index contributed by atoms with van der Waals surface area (Å²) in [6.07, 6.45) is 6.49. The number of nitrogens with one attached hydrogen (secondary N) is 1. The standard InChI is InChI=1S/C20H23N/c1-2-7-15(8-3-1)13-19-18-12-5-4-9-16-10-6-11-17(14-21-19)20(16)18/h1-3,6-8,10-11,18-19,21H,4-5,9,12-14H2. The molecule has 108 valence electrons. The molecule has 0 saturated heterocycles. The van der Waals surface area contributed by atoms with Crippen LogP contribution in [0.25, 0.3) is 0 Å². The zero-order valence-corrected chi connectivity index (χ0v) is 12.5. The van der Waals surface area contributed by atoms with Gasteiger partial charge in [-0.05, 0) is 47.9 Å². The van der Waals surface area contributed by atoms with Gasteiger partial charge in [-0.15, -0.1) is 0 Å². The maximum absolute atomic E-state index is 3.81. The lowest BCUT2D eigenvalue weighted by molar-refractivity contribution is 0.380. The summed E-state index contributed by atoms with van der Waals surface area (Å²) in [5.74, 6) is 0.702. The second kappa shape index (κ2) is 5.65. The van der Waals surface area contributed by atoms with Crippen LogP contribution in [0.15, 0.2) is 48.5 Å². The molecular formula is C20H23N. The van der Waals surface area contributed by atoms with Gasteiger partial charge in [0.25, 0.3) is 0 Å². The van der Waals surface area contributed by atoms with Gasteiger partial charge < -0.3 is 5.32 Å². The third-order valence-corrected chi connectivity index (χ3v) is 5.21. The zero-order chi connectivity index (χ0) is 14.1. The van der Waals surface area contributed by atoms with E-state index in [-0.39, 0.29) is 0 Å². The summed E-state index contributed by atoms with van der Waals surface area (Å²) in [5.41, 5.74) is 6.31. The predicted molar refractivity (Wildman–Crippen MR) is 87.5 cm³/mol. The lowest BCUT2D eigenvalue weighted by Crippen LogP contribution is -2.41. The maximum atomic E-state index is 3.81. The molecule has 0 aromatic heterocycles. The Labute approximate surface area is 127 Å². The monoisotopic (exact) mass is 277 g/mol. The summed E-state index contributed by atoms with van der Waals surface area (Å²) < 4.78 is 0. The van der Waals surface area contributed by atoms with Gasteiger partial charge in [-0.1, -0.05) is 55.0 Å². The van der Waals surface area contributed by atoms with Crippen LogP contribution in [0.3, 0.4) is 0 Å². The van der Waals surface area contributed by atoms with E-state index in [0.29, 0.717) is 12.0 Å². The van der Waals surface area contributed by atoms with Crippen molar-refractivity contribution in [1.29, 1.82) is 0 Å². The summed E-state index contributed by atoms with van der Waals surface area (Å²) in [5, 5.41) is 3.81. The van der Waals surface area contributed by atoms with Gasteiger partial charge in [0.1, 0.15) is 0 Å². The molecule has 2 aromatic rings. The fourth-order valence-electron chi connectivity index (χ4n) is 4.21. The lowest BCUT2D eigenvalue weighted by atomic mass is 9.78. The molecule has 1 aliphatic heterocycles. The minimum atomic E-state index is 0.596. The molecule has 0 saturated carbocycles. The molecule has 0 radical (unpaired) electrons. The molecule has 2 aliphatic rings. The second-order valence-electron chi connectivity index (χ2n) is 6.52. The number of hydrogen-bond acceptors (Lipinski definition) is 1. The molecule has 0 amide bonds. The van der Waals surface area contributed by atoms with Crippen molar-refractivity contribution in [1.82, 2.24) is 5.32 Å². The predicted octanol–water partition coefficient (Wildman–Crippen LogP) is 4.21. The van der Waals surface area contributed by atoms with Gasteiger partial charge in [-0.2, -0.15) is 0 Å². The first-order chi connectivity index (χ1) is 10.4. The molecule has 0 bridgehead atoms. The van der Waals surface area contributed by atoms with E-state index in [4.69, 9.17) is 0 Å². The van der Waals surface area contributed by atoms with Crippen molar-refractivity contribution < 1.29 is 0 Å². The molecule has 1 N–H and O–H groups in total. The first-order valence-corrected chi connectivity index (χ1v) is 8.30. The van der Waals surface area contributed by atoms with Crippen LogP contribution in [0, 0.1) is 0 Å². The van der Waals surface area contributed by atoms with Crippen LogP contribution in [0.1, 0.15) is 47.4 Å². The number of aryl methyl sites for hydroxylation is 1. The van der Waals surface area contributed by atoms with Gasteiger partial charge in [-0.3, -0.25) is 0 Å². The topological polar surface area (TPSA) is 12.0 Å². The summed E-state index contributed by atoms with van der Waals surface area (Å²) in [7, 11) is 0. The highest BCUT2D eigenvalue weighted by molar-refractivity contribution is 5.42. The van der Waals surface area contributed by atoms with E-state index in [1.54, 1.807) is 16.7 Å². The van der Waals surface area contributed by atoms with Crippen molar-refractivity contribution in [2.75, 3.05) is 0 Å². The molecule has 0 fully saturated rings. The normalized spacial score (nSPS) is 24.2. The molecule has 4 rings (SSSR count). The molecule has 2 unspecified atom stereocenters. The van der Waals surface area contributed by atoms with E-state index < -0.39 is 0 Å². The van der Waals surface area contributed by atoms with Crippen molar-refractivity contribution in [3.05, 3.63) is 70.8 Å². The Kier molecular flexibility index (Phi) is 3.52. The van der Waals surface area contributed by atoms with Crippen molar-refractivity contribution in [3.8, 4) is 0 Å². The molecule has 21 heavy (non-hydrogen) atoms. The third-order valence-electron chi connectivity index (χ3n) is 5.21. The van der Waals surface area contributed by atoms with Crippen LogP contribution in [-0.4, -0.2) is 6.04 Å². The van der Waals surface area contributed by atoms with Crippen molar-refractivity contribution in [3.63, 3.8) is 0 Å². The Bertz CT molecular complexity index is 617. The zero-order valence-electron chi connectivity index (χ0n) is 12.5. The largest absolute Gasteiger partial charge is 0.309 e. The van der Waals surface area contributed by atoms with E-state index in [2.05, 4.69) is 53.8 Å². The molecule has 1 nitrogen and oxygen atoms in total. The van der Waals surface area contributed by atoms with Crippen molar-refractivity contribution in [2.45, 2.75) is 50.6 Å². The summed E-state index contributed by atoms with van der Waals surface area (Å²) in [6.45, 7) is 1.04. The van der Waals surface area contributed by atoms with Crippen LogP contribution in [0.4, 0.5) is 0 Å². The Hall–Kier alpha value is -1.60. The average Bonchev–Trinajstić information content (AvgIpc) is 2.75. The fraction of sp³-hybridized carbons (Fsp3) is 0.400. The number of hydrogen-bond donors (Lipinski definition) is 1. The smallest absolute Gasteiger partial charge is 0.0211 e. The Morgan fingerprint density at radius 3 is 2.67 bits per heavy atom. The Balaban J connectivity index is 1.68. The lowest BCUT2D eigenvalue weighted by Gasteiger charge is -2.35. The van der Waals surface area contributed by atoms with Gasteiger partial charge in [0.2, 0.25) is 0 Å². The van der Waals surface area contributed by atoms with Gasteiger partial charge >= 0.3 is 0 Å². The van der Waals surface area contributed by atoms with Crippen LogP contribution >= 0.6 is 0 Å². The molecule has 2 atom stereocenters. The van der Waals surface area contributed by atoms with E-state index in [1.165, 1.54) is 31.2 Å². The highest BCUT2D eigenvalue weighted by atomic mass is 14.9. The van der Waals surface area contributed by atoms with Gasteiger partial charge in [0.05, 0.1) is 0 Å². The van der Waals surface area contributed by atoms with Gasteiger partial charge in [0.15, 0.2) is 0 Å². The highest BCUT2D eigenvalue weighted by Gasteiger charge is 2.31. The molecule has 1 heteroatoms. The first kappa shape index (κ1) is 13.1. The minimum Gasteiger partial charge on any atom is -0.309 e. The molecule has 1 aliphatic carbocycles. The van der Waals surface area contributed by atoms with Gasteiger partial charge in [-0.25, -0.2) is 0 Å². The summed E-state index contributed by atoms with van der Waals surface area (Å²) >= 11 is 0. The molecule has 1 heterocycles. The second-order valence-corrected chi connectivity index (χ2v) is 6.52. The third kappa shape index (κ3) is 2.51. The fourth-order valence-corrected chi connectivity index (χ4v) is 4.21. The van der Waals surface area contributed by atoms with Crippen LogP contribution in [0.5, 0.6) is 0 Å². The quantitative estimate of drug-likeness (QED) is 0.867. The SMILES string of the molecule is c1ccc(CC2NCc3cccc4c3C2CCCC4)cc1. The highest BCUT2D eigenvalue weighted by Crippen LogP contribution is 2.38. The minimum absolute atomic E-state index is 0.596. The summed E-state index contributed by atoms with van der Waals surface area (Å²) in [4.78, 5) is 0. The Morgan fingerprint density at radius 1 is 0.905 bits per heavy atom. The number of benzene rings is 2. The van der Waals surface area contributed by atoms with E-state index in [0.717, 1.165) is 13.0 Å². The van der Waals surface area contributed by atoms with E-state index in [1.807, 2.05) is 0 Å². The molecule has 0 spiro atoms. The van der Waals surface area contributed by atoms with Crippen molar-refractivity contribution in [2.24, 2.45) is 0 Å². The van der Waals surface area contributed by atoms with Crippen LogP contribution in [0.2, 0.25) is 0 Å². The van der Waals surface area contributed by atoms with Crippen LogP contribution in [-0.2, 0) is 19.4 Å². The molecular weight excluding hydrogens is 254 g/mol. The van der Waals surface area contributed by atoms with Gasteiger partial charge in [0, 0.05) is 18.5 Å². The van der Waals surface area contributed by atoms with Crippen LogP contribution < -0.4 is 5.32 Å². The Morgan fingerprint density at radius 2 is 1.76 bits per heavy atom. The first-order valence-electron chi connectivity index (χ1n) is 8.30. The molecule has 2 aromatic carbocycles. The van der Waals surface area contributed by atoms with E-state index in [9.17, 15) is 0 Å². The maximum Gasteiger partial charge on any atom is 0.0211 e. The van der Waals surface area contributed by atoms with Crippen molar-refractivity contribution >= 4 is 0 Å². The number of rotatable bonds is 2. The average molecular weight is 277 g/mol. The summed E-state index contributed by atoms with van der Waals surface area (Å²) in [6, 6.07) is 18.5. The van der Waals surface area contributed by atoms with E-state index >= 15 is 0 Å².